The van der Waals surface area contributed by atoms with E-state index in [1.807, 2.05) is 12.1 Å². The highest BCUT2D eigenvalue weighted by molar-refractivity contribution is 9.10. The van der Waals surface area contributed by atoms with Crippen LogP contribution in [0.2, 0.25) is 0 Å². The lowest BCUT2D eigenvalue weighted by Gasteiger charge is -2.01. The summed E-state index contributed by atoms with van der Waals surface area (Å²) >= 11 is 3.25. The van der Waals surface area contributed by atoms with Crippen molar-refractivity contribution in [3.63, 3.8) is 0 Å². The Morgan fingerprint density at radius 1 is 1.38 bits per heavy atom. The maximum atomic E-state index is 4.04. The summed E-state index contributed by atoms with van der Waals surface area (Å²) in [6.45, 7) is 1.95. The van der Waals surface area contributed by atoms with Gasteiger partial charge in [0.2, 0.25) is 0 Å². The summed E-state index contributed by atoms with van der Waals surface area (Å²) in [6, 6.07) is 3.90. The van der Waals surface area contributed by atoms with Crippen molar-refractivity contribution in [2.24, 2.45) is 5.92 Å². The van der Waals surface area contributed by atoms with Crippen LogP contribution in [0.4, 0.5) is 0 Å². The Morgan fingerprint density at radius 2 is 2.23 bits per heavy atom. The van der Waals surface area contributed by atoms with Gasteiger partial charge in [0.15, 0.2) is 0 Å². The van der Waals surface area contributed by atoms with E-state index < -0.39 is 0 Å². The number of hydrogen-bond acceptors (Lipinski definition) is 3. The quantitative estimate of drug-likeness (QED) is 0.873. The van der Waals surface area contributed by atoms with Crippen molar-refractivity contribution in [3.05, 3.63) is 22.4 Å². The second-order valence-corrected chi connectivity index (χ2v) is 4.23. The van der Waals surface area contributed by atoms with E-state index in [1.54, 1.807) is 0 Å². The van der Waals surface area contributed by atoms with Gasteiger partial charge >= 0.3 is 0 Å². The Labute approximate surface area is 86.1 Å². The van der Waals surface area contributed by atoms with Crippen LogP contribution in [0.5, 0.6) is 0 Å². The zero-order valence-electron chi connectivity index (χ0n) is 7.33. The van der Waals surface area contributed by atoms with Crippen LogP contribution in [0.25, 0.3) is 0 Å². The number of halogens is 1. The van der Waals surface area contributed by atoms with Gasteiger partial charge in [0.25, 0.3) is 0 Å². The first-order valence-corrected chi connectivity index (χ1v) is 5.33. The average Bonchev–Trinajstić information content (AvgIpc) is 2.92. The topological polar surface area (TPSA) is 37.8 Å². The van der Waals surface area contributed by atoms with Crippen LogP contribution in [-0.2, 0) is 6.54 Å². The van der Waals surface area contributed by atoms with Crippen molar-refractivity contribution >= 4 is 15.9 Å². The summed E-state index contributed by atoms with van der Waals surface area (Å²) in [7, 11) is 0. The molecule has 1 aliphatic rings. The van der Waals surface area contributed by atoms with Gasteiger partial charge in [0.1, 0.15) is 4.60 Å². The third-order valence-corrected chi connectivity index (χ3v) is 2.55. The van der Waals surface area contributed by atoms with Crippen molar-refractivity contribution in [2.45, 2.75) is 19.4 Å². The van der Waals surface area contributed by atoms with E-state index in [-0.39, 0.29) is 0 Å². The molecular formula is C9H12BrN3. The SMILES string of the molecule is Brc1ccc(CNCC2CC2)nn1. The molecule has 0 spiro atoms. The minimum atomic E-state index is 0.790. The number of rotatable bonds is 4. The van der Waals surface area contributed by atoms with Gasteiger partial charge in [0.05, 0.1) is 5.69 Å². The van der Waals surface area contributed by atoms with Crippen LogP contribution >= 0.6 is 15.9 Å². The van der Waals surface area contributed by atoms with Gasteiger partial charge < -0.3 is 5.32 Å². The first kappa shape index (κ1) is 9.09. The molecule has 1 heterocycles. The van der Waals surface area contributed by atoms with E-state index in [2.05, 4.69) is 31.4 Å². The second-order valence-electron chi connectivity index (χ2n) is 3.42. The van der Waals surface area contributed by atoms with E-state index >= 15 is 0 Å². The molecule has 0 atom stereocenters. The first-order chi connectivity index (χ1) is 6.34. The molecule has 1 saturated carbocycles. The van der Waals surface area contributed by atoms with Gasteiger partial charge in [0, 0.05) is 6.54 Å². The molecule has 0 aromatic carbocycles. The lowest BCUT2D eigenvalue weighted by Crippen LogP contribution is -2.17. The normalized spacial score (nSPS) is 16.1. The first-order valence-electron chi connectivity index (χ1n) is 4.53. The van der Waals surface area contributed by atoms with E-state index in [0.717, 1.165) is 29.3 Å². The summed E-state index contributed by atoms with van der Waals surface area (Å²) < 4.78 is 0.790. The number of nitrogens with one attached hydrogen (secondary N) is 1. The fourth-order valence-electron chi connectivity index (χ4n) is 1.16. The molecule has 0 unspecified atom stereocenters. The van der Waals surface area contributed by atoms with Gasteiger partial charge in [-0.15, -0.1) is 5.10 Å². The summed E-state index contributed by atoms with van der Waals surface area (Å²) in [5.74, 6) is 0.920. The predicted octanol–water partition coefficient (Wildman–Crippen LogP) is 1.74. The van der Waals surface area contributed by atoms with Crippen LogP contribution in [0.15, 0.2) is 16.7 Å². The van der Waals surface area contributed by atoms with Crippen LogP contribution in [0.3, 0.4) is 0 Å². The lowest BCUT2D eigenvalue weighted by molar-refractivity contribution is 0.624. The largest absolute Gasteiger partial charge is 0.311 e. The molecule has 1 aromatic heterocycles. The molecule has 1 aliphatic carbocycles. The molecule has 0 saturated heterocycles. The molecule has 2 rings (SSSR count). The van der Waals surface area contributed by atoms with Crippen LogP contribution in [0.1, 0.15) is 18.5 Å². The highest BCUT2D eigenvalue weighted by atomic mass is 79.9. The molecule has 0 radical (unpaired) electrons. The highest BCUT2D eigenvalue weighted by Gasteiger charge is 2.20. The van der Waals surface area contributed by atoms with Crippen molar-refractivity contribution in [2.75, 3.05) is 6.54 Å². The van der Waals surface area contributed by atoms with E-state index in [9.17, 15) is 0 Å². The van der Waals surface area contributed by atoms with Gasteiger partial charge in [-0.1, -0.05) is 0 Å². The van der Waals surface area contributed by atoms with Crippen molar-refractivity contribution < 1.29 is 0 Å². The molecule has 1 N–H and O–H groups in total. The molecule has 70 valence electrons. The van der Waals surface area contributed by atoms with Gasteiger partial charge in [-0.05, 0) is 53.4 Å². The second kappa shape index (κ2) is 4.15. The summed E-state index contributed by atoms with van der Waals surface area (Å²) in [6.07, 6.45) is 2.78. The molecule has 13 heavy (non-hydrogen) atoms. The number of aromatic nitrogens is 2. The zero-order valence-corrected chi connectivity index (χ0v) is 8.92. The Balaban J connectivity index is 1.76. The van der Waals surface area contributed by atoms with Crippen LogP contribution in [-0.4, -0.2) is 16.7 Å². The van der Waals surface area contributed by atoms with Crippen molar-refractivity contribution in [1.29, 1.82) is 0 Å². The summed E-state index contributed by atoms with van der Waals surface area (Å²) in [5.41, 5.74) is 1.00. The summed E-state index contributed by atoms with van der Waals surface area (Å²) in [4.78, 5) is 0. The minimum absolute atomic E-state index is 0.790. The van der Waals surface area contributed by atoms with Gasteiger partial charge in [-0.2, -0.15) is 5.10 Å². The Kier molecular flexibility index (Phi) is 2.90. The molecular weight excluding hydrogens is 230 g/mol. The van der Waals surface area contributed by atoms with Gasteiger partial charge in [-0.25, -0.2) is 0 Å². The zero-order chi connectivity index (χ0) is 9.10. The fraction of sp³-hybridized carbons (Fsp3) is 0.556. The Hall–Kier alpha value is -0.480. The standard InChI is InChI=1S/C9H12BrN3/c10-9-4-3-8(12-13-9)6-11-5-7-1-2-7/h3-4,7,11H,1-2,5-6H2. The third-order valence-electron chi connectivity index (χ3n) is 2.12. The average molecular weight is 242 g/mol. The molecule has 3 nitrogen and oxygen atoms in total. The lowest BCUT2D eigenvalue weighted by atomic mass is 10.3. The molecule has 0 bridgehead atoms. The Morgan fingerprint density at radius 3 is 2.85 bits per heavy atom. The third kappa shape index (κ3) is 3.04. The smallest absolute Gasteiger partial charge is 0.128 e. The monoisotopic (exact) mass is 241 g/mol. The fourth-order valence-corrected chi connectivity index (χ4v) is 1.38. The predicted molar refractivity (Wildman–Crippen MR) is 54.2 cm³/mol. The molecule has 4 heteroatoms. The number of nitrogens with zero attached hydrogens (tertiary/aromatic N) is 2. The van der Waals surface area contributed by atoms with E-state index in [1.165, 1.54) is 12.8 Å². The van der Waals surface area contributed by atoms with E-state index in [4.69, 9.17) is 0 Å². The molecule has 0 aliphatic heterocycles. The molecule has 1 fully saturated rings. The molecule has 0 amide bonds. The van der Waals surface area contributed by atoms with Crippen molar-refractivity contribution in [3.8, 4) is 0 Å². The van der Waals surface area contributed by atoms with E-state index in [0.29, 0.717) is 0 Å². The molecule has 1 aromatic rings. The maximum Gasteiger partial charge on any atom is 0.128 e. The maximum absolute atomic E-state index is 4.04. The highest BCUT2D eigenvalue weighted by Crippen LogP contribution is 2.27. The van der Waals surface area contributed by atoms with Gasteiger partial charge in [-0.3, -0.25) is 0 Å². The van der Waals surface area contributed by atoms with Crippen LogP contribution < -0.4 is 5.32 Å². The Bertz CT molecular complexity index is 269. The minimum Gasteiger partial charge on any atom is -0.311 e. The number of hydrogen-bond donors (Lipinski definition) is 1. The van der Waals surface area contributed by atoms with Crippen LogP contribution in [0, 0.1) is 5.92 Å². The van der Waals surface area contributed by atoms with Crippen molar-refractivity contribution in [1.82, 2.24) is 15.5 Å². The summed E-state index contributed by atoms with van der Waals surface area (Å²) in [5, 5.41) is 11.3.